The van der Waals surface area contributed by atoms with Crippen molar-refractivity contribution in [3.8, 4) is 0 Å². The average Bonchev–Trinajstić information content (AvgIpc) is 2.54. The fourth-order valence-electron chi connectivity index (χ4n) is 2.91. The van der Waals surface area contributed by atoms with Crippen LogP contribution in [0.3, 0.4) is 0 Å². The molecule has 3 aromatic rings. The normalized spacial score (nSPS) is 13.7. The number of carbonyl (C=O) groups is 2. The van der Waals surface area contributed by atoms with E-state index in [9.17, 15) is 9.59 Å². The highest BCUT2D eigenvalue weighted by Gasteiger charge is 2.34. The maximum Gasteiger partial charge on any atom is 0.265 e. The van der Waals surface area contributed by atoms with Crippen molar-refractivity contribution >= 4 is 55.8 Å². The number of carbonyl (C=O) groups excluding carboxylic acids is 2. The van der Waals surface area contributed by atoms with Gasteiger partial charge in [-0.1, -0.05) is 45.7 Å². The minimum absolute atomic E-state index is 0.339. The molecule has 0 fully saturated rings. The Balaban J connectivity index is 2.01. The van der Waals surface area contributed by atoms with Crippen LogP contribution >= 0.6 is 27.5 Å². The van der Waals surface area contributed by atoms with Crippen molar-refractivity contribution in [2.75, 3.05) is 4.90 Å². The molecule has 0 aromatic heterocycles. The Morgan fingerprint density at radius 1 is 0.870 bits per heavy atom. The molecule has 3 aromatic carbocycles. The molecule has 1 aliphatic rings. The molecule has 1 heterocycles. The third-order valence-corrected chi connectivity index (χ3v) is 4.74. The van der Waals surface area contributed by atoms with Crippen LogP contribution in [0.4, 0.5) is 5.69 Å². The second kappa shape index (κ2) is 5.18. The van der Waals surface area contributed by atoms with Crippen molar-refractivity contribution < 1.29 is 9.59 Å². The summed E-state index contributed by atoms with van der Waals surface area (Å²) >= 11 is 9.58. The highest BCUT2D eigenvalue weighted by molar-refractivity contribution is 9.10. The minimum Gasteiger partial charge on any atom is -0.268 e. The molecular formula is C18H9BrClNO2. The fraction of sp³-hybridized carbons (Fsp3) is 0. The standard InChI is InChI=1S/C18H9BrClNO2/c19-10-3-1-4-11(9-10)21-17(22)13-6-2-5-12-15(20)8-7-14(16(12)13)18(21)23/h1-9H. The molecule has 0 atom stereocenters. The Bertz CT molecular complexity index is 977. The second-order valence-corrected chi connectivity index (χ2v) is 6.57. The summed E-state index contributed by atoms with van der Waals surface area (Å²) in [6, 6.07) is 15.8. The van der Waals surface area contributed by atoms with Gasteiger partial charge in [0.15, 0.2) is 0 Å². The van der Waals surface area contributed by atoms with Crippen LogP contribution in [-0.2, 0) is 0 Å². The van der Waals surface area contributed by atoms with Crippen molar-refractivity contribution in [3.63, 3.8) is 0 Å². The first-order chi connectivity index (χ1) is 11.1. The Hall–Kier alpha value is -2.17. The third kappa shape index (κ3) is 2.10. The zero-order valence-electron chi connectivity index (χ0n) is 11.7. The van der Waals surface area contributed by atoms with E-state index >= 15 is 0 Å². The number of halogens is 2. The quantitative estimate of drug-likeness (QED) is 0.548. The molecule has 2 amide bonds. The molecule has 0 N–H and O–H groups in total. The maximum atomic E-state index is 12.9. The summed E-state index contributed by atoms with van der Waals surface area (Å²) in [5.74, 6) is -0.679. The van der Waals surface area contributed by atoms with Crippen molar-refractivity contribution in [1.82, 2.24) is 0 Å². The molecule has 0 bridgehead atoms. The van der Waals surface area contributed by atoms with E-state index in [0.717, 1.165) is 9.86 Å². The van der Waals surface area contributed by atoms with Crippen LogP contribution in [0.25, 0.3) is 10.8 Å². The van der Waals surface area contributed by atoms with Gasteiger partial charge in [0.25, 0.3) is 11.8 Å². The van der Waals surface area contributed by atoms with Crippen LogP contribution in [-0.4, -0.2) is 11.8 Å². The molecule has 0 unspecified atom stereocenters. The highest BCUT2D eigenvalue weighted by atomic mass is 79.9. The van der Waals surface area contributed by atoms with Gasteiger partial charge in [0.1, 0.15) is 0 Å². The predicted molar refractivity (Wildman–Crippen MR) is 94.2 cm³/mol. The van der Waals surface area contributed by atoms with Crippen LogP contribution < -0.4 is 4.90 Å². The molecule has 23 heavy (non-hydrogen) atoms. The second-order valence-electron chi connectivity index (χ2n) is 5.25. The lowest BCUT2D eigenvalue weighted by Gasteiger charge is -2.27. The molecule has 0 saturated heterocycles. The first-order valence-electron chi connectivity index (χ1n) is 6.93. The van der Waals surface area contributed by atoms with Gasteiger partial charge >= 0.3 is 0 Å². The van der Waals surface area contributed by atoms with E-state index in [1.165, 1.54) is 4.90 Å². The molecule has 5 heteroatoms. The summed E-state index contributed by atoms with van der Waals surface area (Å²) in [4.78, 5) is 27.0. The summed E-state index contributed by atoms with van der Waals surface area (Å²) in [6.07, 6.45) is 0. The molecule has 0 spiro atoms. The fourth-order valence-corrected chi connectivity index (χ4v) is 3.52. The molecule has 0 aliphatic carbocycles. The molecule has 3 nitrogen and oxygen atoms in total. The van der Waals surface area contributed by atoms with E-state index in [0.29, 0.717) is 27.2 Å². The van der Waals surface area contributed by atoms with E-state index in [1.807, 2.05) is 12.1 Å². The first kappa shape index (κ1) is 14.4. The van der Waals surface area contributed by atoms with Crippen molar-refractivity contribution in [3.05, 3.63) is 75.2 Å². The average molecular weight is 387 g/mol. The van der Waals surface area contributed by atoms with Crippen molar-refractivity contribution in [2.24, 2.45) is 0 Å². The van der Waals surface area contributed by atoms with E-state index in [1.54, 1.807) is 42.5 Å². The number of hydrogen-bond acceptors (Lipinski definition) is 2. The van der Waals surface area contributed by atoms with Crippen LogP contribution in [0.5, 0.6) is 0 Å². The minimum atomic E-state index is -0.339. The molecule has 4 rings (SSSR count). The maximum absolute atomic E-state index is 12.9. The lowest BCUT2D eigenvalue weighted by Crippen LogP contribution is -2.40. The van der Waals surface area contributed by atoms with Gasteiger partial charge < -0.3 is 0 Å². The Morgan fingerprint density at radius 2 is 1.57 bits per heavy atom. The number of amides is 2. The van der Waals surface area contributed by atoms with Gasteiger partial charge in [-0.2, -0.15) is 0 Å². The van der Waals surface area contributed by atoms with Gasteiger partial charge in [-0.3, -0.25) is 9.59 Å². The zero-order chi connectivity index (χ0) is 16.1. The van der Waals surface area contributed by atoms with Crippen molar-refractivity contribution in [2.45, 2.75) is 0 Å². The molecule has 112 valence electrons. The summed E-state index contributed by atoms with van der Waals surface area (Å²) in [7, 11) is 0. The predicted octanol–water partition coefficient (Wildman–Crippen LogP) is 5.06. The summed E-state index contributed by atoms with van der Waals surface area (Å²) in [5, 5.41) is 1.88. The smallest absolute Gasteiger partial charge is 0.265 e. The molecular weight excluding hydrogens is 378 g/mol. The summed E-state index contributed by atoms with van der Waals surface area (Å²) in [6.45, 7) is 0. The van der Waals surface area contributed by atoms with Crippen LogP contribution in [0.1, 0.15) is 20.7 Å². The molecule has 1 aliphatic heterocycles. The van der Waals surface area contributed by atoms with Gasteiger partial charge in [0.05, 0.1) is 5.69 Å². The van der Waals surface area contributed by atoms with Crippen LogP contribution in [0, 0.1) is 0 Å². The van der Waals surface area contributed by atoms with E-state index < -0.39 is 0 Å². The first-order valence-corrected chi connectivity index (χ1v) is 8.10. The summed E-state index contributed by atoms with van der Waals surface area (Å²) < 4.78 is 0.802. The van der Waals surface area contributed by atoms with Gasteiger partial charge in [0, 0.05) is 31.4 Å². The SMILES string of the molecule is O=C1c2cccc3c(Cl)ccc(c23)C(=O)N1c1cccc(Br)c1. The third-order valence-electron chi connectivity index (χ3n) is 3.92. The monoisotopic (exact) mass is 385 g/mol. The largest absolute Gasteiger partial charge is 0.268 e. The number of benzene rings is 3. The lowest BCUT2D eigenvalue weighted by atomic mass is 9.93. The molecule has 0 radical (unpaired) electrons. The van der Waals surface area contributed by atoms with Crippen LogP contribution in [0.15, 0.2) is 59.1 Å². The summed E-state index contributed by atoms with van der Waals surface area (Å²) in [5.41, 5.74) is 1.51. The molecule has 0 saturated carbocycles. The van der Waals surface area contributed by atoms with Gasteiger partial charge in [0.2, 0.25) is 0 Å². The Kier molecular flexibility index (Phi) is 3.25. The number of nitrogens with zero attached hydrogens (tertiary/aromatic N) is 1. The Labute approximate surface area is 145 Å². The topological polar surface area (TPSA) is 37.4 Å². The van der Waals surface area contributed by atoms with Gasteiger partial charge in [-0.25, -0.2) is 4.90 Å². The van der Waals surface area contributed by atoms with E-state index in [-0.39, 0.29) is 11.8 Å². The van der Waals surface area contributed by atoms with E-state index in [2.05, 4.69) is 15.9 Å². The Morgan fingerprint density at radius 3 is 2.30 bits per heavy atom. The lowest BCUT2D eigenvalue weighted by molar-refractivity contribution is 0.0893. The number of imide groups is 1. The van der Waals surface area contributed by atoms with Crippen molar-refractivity contribution in [1.29, 1.82) is 0 Å². The number of hydrogen-bond donors (Lipinski definition) is 0. The zero-order valence-corrected chi connectivity index (χ0v) is 14.1. The number of rotatable bonds is 1. The number of anilines is 1. The van der Waals surface area contributed by atoms with Gasteiger partial charge in [-0.15, -0.1) is 0 Å². The van der Waals surface area contributed by atoms with Crippen LogP contribution in [0.2, 0.25) is 5.02 Å². The van der Waals surface area contributed by atoms with Gasteiger partial charge in [-0.05, 0) is 36.4 Å². The van der Waals surface area contributed by atoms with E-state index in [4.69, 9.17) is 11.6 Å². The highest BCUT2D eigenvalue weighted by Crippen LogP contribution is 2.36.